The van der Waals surface area contributed by atoms with Crippen LogP contribution in [0.3, 0.4) is 0 Å². The van der Waals surface area contributed by atoms with Crippen LogP contribution in [0, 0.1) is 0 Å². The van der Waals surface area contributed by atoms with Crippen LogP contribution in [0.5, 0.6) is 5.75 Å². The van der Waals surface area contributed by atoms with Gasteiger partial charge in [0.1, 0.15) is 11.5 Å². The molecule has 1 aliphatic carbocycles. The lowest BCUT2D eigenvalue weighted by Gasteiger charge is -2.29. The highest BCUT2D eigenvalue weighted by Gasteiger charge is 2.83. The van der Waals surface area contributed by atoms with Crippen LogP contribution in [-0.4, -0.2) is 54.1 Å². The second kappa shape index (κ2) is 13.4. The fraction of sp³-hybridized carbons (Fsp3) is 0.552. The van der Waals surface area contributed by atoms with Crippen LogP contribution >= 0.6 is 0 Å². The van der Waals surface area contributed by atoms with Crippen molar-refractivity contribution in [3.05, 3.63) is 59.7 Å². The molecule has 7 nitrogen and oxygen atoms in total. The van der Waals surface area contributed by atoms with Gasteiger partial charge in [0.2, 0.25) is 5.78 Å². The van der Waals surface area contributed by atoms with E-state index in [4.69, 9.17) is 4.55 Å². The fourth-order valence-electron chi connectivity index (χ4n) is 5.11. The Bertz CT molecular complexity index is 1570. The molecule has 0 amide bonds. The molecule has 2 aromatic carbocycles. The van der Waals surface area contributed by atoms with Crippen molar-refractivity contribution in [2.75, 3.05) is 5.75 Å². The maximum absolute atomic E-state index is 14.4. The molecular formula is C29H35F6O7S3+. The lowest BCUT2D eigenvalue weighted by atomic mass is 9.83. The van der Waals surface area contributed by atoms with Crippen LogP contribution in [0.4, 0.5) is 26.3 Å². The number of unbranched alkanes of at least 4 members (excludes halogenated alkanes) is 1. The molecule has 1 unspecified atom stereocenters. The van der Waals surface area contributed by atoms with Crippen molar-refractivity contribution >= 4 is 36.9 Å². The molecular weight excluding hydrogens is 671 g/mol. The van der Waals surface area contributed by atoms with E-state index in [0.717, 1.165) is 49.4 Å². The Morgan fingerprint density at radius 2 is 1.49 bits per heavy atom. The minimum atomic E-state index is -7.17. The predicted octanol–water partition coefficient (Wildman–Crippen LogP) is 7.59. The van der Waals surface area contributed by atoms with Crippen LogP contribution < -0.4 is 4.18 Å². The van der Waals surface area contributed by atoms with Gasteiger partial charge in [-0.1, -0.05) is 62.9 Å². The fourth-order valence-corrected chi connectivity index (χ4v) is 9.28. The molecule has 16 heteroatoms. The van der Waals surface area contributed by atoms with Gasteiger partial charge in [-0.05, 0) is 56.7 Å². The molecule has 1 atom stereocenters. The van der Waals surface area contributed by atoms with Crippen molar-refractivity contribution in [2.45, 2.75) is 97.7 Å². The van der Waals surface area contributed by atoms with Crippen LogP contribution in [0.25, 0.3) is 0 Å². The molecule has 0 aromatic heterocycles. The van der Waals surface area contributed by atoms with Crippen molar-refractivity contribution in [1.82, 2.24) is 0 Å². The van der Waals surface area contributed by atoms with Crippen molar-refractivity contribution in [1.29, 1.82) is 0 Å². The van der Waals surface area contributed by atoms with Gasteiger partial charge in [0, 0.05) is 22.5 Å². The van der Waals surface area contributed by atoms with Gasteiger partial charge >= 0.3 is 36.7 Å². The number of halogens is 6. The average molecular weight is 706 g/mol. The summed E-state index contributed by atoms with van der Waals surface area (Å²) in [6.07, 6.45) is 6.90. The predicted molar refractivity (Wildman–Crippen MR) is 158 cm³/mol. The molecule has 3 rings (SSSR count). The molecule has 1 saturated carbocycles. The monoisotopic (exact) mass is 705 g/mol. The molecule has 0 radical (unpaired) electrons. The second-order valence-corrected chi connectivity index (χ2v) is 17.1. The van der Waals surface area contributed by atoms with Gasteiger partial charge in [-0.2, -0.15) is 43.2 Å². The zero-order valence-electron chi connectivity index (χ0n) is 24.7. The number of carbonyl (C=O) groups excluding carboxylic acids is 1. The van der Waals surface area contributed by atoms with Crippen molar-refractivity contribution < 1.29 is 56.7 Å². The van der Waals surface area contributed by atoms with Crippen molar-refractivity contribution in [3.63, 3.8) is 0 Å². The maximum Gasteiger partial charge on any atom is 0.450 e. The van der Waals surface area contributed by atoms with Gasteiger partial charge in [0.25, 0.3) is 0 Å². The third-order valence-electron chi connectivity index (χ3n) is 7.78. The van der Waals surface area contributed by atoms with Crippen molar-refractivity contribution in [2.24, 2.45) is 0 Å². The molecule has 45 heavy (non-hydrogen) atoms. The molecule has 1 fully saturated rings. The van der Waals surface area contributed by atoms with Crippen LogP contribution in [0.2, 0.25) is 0 Å². The molecule has 0 spiro atoms. The number of alkyl halides is 6. The highest BCUT2D eigenvalue weighted by molar-refractivity contribution is 7.99. The van der Waals surface area contributed by atoms with E-state index < -0.39 is 58.1 Å². The summed E-state index contributed by atoms with van der Waals surface area (Å²) in [6, 6.07) is 11.6. The first kappa shape index (κ1) is 37.2. The van der Waals surface area contributed by atoms with Gasteiger partial charge in [0.15, 0.2) is 9.64 Å². The number of hydrogen-bond acceptors (Lipinski definition) is 6. The third kappa shape index (κ3) is 7.33. The van der Waals surface area contributed by atoms with E-state index >= 15 is 0 Å². The molecule has 0 aliphatic heterocycles. The first-order valence-corrected chi connectivity index (χ1v) is 18.4. The van der Waals surface area contributed by atoms with Gasteiger partial charge in [0.05, 0.1) is 0 Å². The van der Waals surface area contributed by atoms with E-state index in [1.807, 2.05) is 19.1 Å². The van der Waals surface area contributed by atoms with E-state index in [0.29, 0.717) is 30.1 Å². The summed E-state index contributed by atoms with van der Waals surface area (Å²) >= 11 is 0. The SMILES string of the molecule is CCCC[S+](c1cccc(OS(=O)(=O)C(F)(F)C(F)(F)C(F)(F)S(=O)(=O)O)c1)C(C)(C)C(=O)c1ccc(C2CCCCC2)cc1. The van der Waals surface area contributed by atoms with Crippen LogP contribution in [0.1, 0.15) is 87.6 Å². The lowest BCUT2D eigenvalue weighted by Crippen LogP contribution is -2.61. The Morgan fingerprint density at radius 1 is 0.911 bits per heavy atom. The summed E-state index contributed by atoms with van der Waals surface area (Å²) in [6.45, 7) is 5.22. The molecule has 2 aromatic rings. The topological polar surface area (TPSA) is 115 Å². The quantitative estimate of drug-likeness (QED) is 0.0708. The Labute approximate surface area is 262 Å². The molecule has 0 bridgehead atoms. The van der Waals surface area contributed by atoms with E-state index in [1.165, 1.54) is 12.5 Å². The molecule has 1 N–H and O–H groups in total. The summed E-state index contributed by atoms with van der Waals surface area (Å²) in [4.78, 5) is 14.1. The maximum atomic E-state index is 14.4. The van der Waals surface area contributed by atoms with Gasteiger partial charge in [-0.15, -0.1) is 0 Å². The first-order chi connectivity index (χ1) is 20.6. The smallest absolute Gasteiger partial charge is 0.378 e. The van der Waals surface area contributed by atoms with Gasteiger partial charge in [-0.3, -0.25) is 9.35 Å². The molecule has 0 heterocycles. The minimum Gasteiger partial charge on any atom is -0.378 e. The first-order valence-electron chi connectivity index (χ1n) is 14.1. The number of rotatable bonds is 14. The number of Topliss-reactive ketones (excluding diaryl/α,β-unsaturated/α-hetero) is 1. The lowest BCUT2D eigenvalue weighted by molar-refractivity contribution is -0.247. The summed E-state index contributed by atoms with van der Waals surface area (Å²) in [7, 11) is -15.2. The molecule has 0 saturated heterocycles. The highest BCUT2D eigenvalue weighted by atomic mass is 32.2. The minimum absolute atomic E-state index is 0.242. The Balaban J connectivity index is 1.94. The zero-order valence-corrected chi connectivity index (χ0v) is 27.2. The Morgan fingerprint density at radius 3 is 2.02 bits per heavy atom. The normalized spacial score (nSPS) is 16.8. The largest absolute Gasteiger partial charge is 0.450 e. The zero-order chi connectivity index (χ0) is 34.1. The summed E-state index contributed by atoms with van der Waals surface area (Å²) < 4.78 is 141. The second-order valence-electron chi connectivity index (χ2n) is 11.3. The van der Waals surface area contributed by atoms with E-state index in [9.17, 15) is 48.0 Å². The molecule has 252 valence electrons. The number of hydrogen-bond donors (Lipinski definition) is 1. The number of ketones is 1. The average Bonchev–Trinajstić information content (AvgIpc) is 2.96. The van der Waals surface area contributed by atoms with Gasteiger partial charge in [-0.25, -0.2) is 0 Å². The van der Waals surface area contributed by atoms with Crippen LogP contribution in [-0.2, 0) is 31.1 Å². The highest BCUT2D eigenvalue weighted by Crippen LogP contribution is 2.51. The summed E-state index contributed by atoms with van der Waals surface area (Å²) in [5, 5.41) is -13.7. The Kier molecular flexibility index (Phi) is 11.1. The summed E-state index contributed by atoms with van der Waals surface area (Å²) in [5.41, 5.74) is 1.56. The van der Waals surface area contributed by atoms with Crippen molar-refractivity contribution in [3.8, 4) is 5.75 Å². The number of carbonyl (C=O) groups is 1. The van der Waals surface area contributed by atoms with E-state index in [2.05, 4.69) is 4.18 Å². The standard InChI is InChI=1S/C29H34F6O7S3/c1-4-5-18-43(26(2,3)25(36)22-16-14-21(15-17-22)20-10-7-6-8-11-20)24-13-9-12-23(19-24)42-45(40,41)29(34,35)27(30,31)28(32,33)44(37,38)39/h9,12-17,19-20H,4-8,10-11,18H2,1-3H3/p+1. The molecule has 1 aliphatic rings. The third-order valence-corrected chi connectivity index (χ3v) is 12.9. The number of benzene rings is 2. The summed E-state index contributed by atoms with van der Waals surface area (Å²) in [5.74, 6) is -7.54. The van der Waals surface area contributed by atoms with E-state index in [1.54, 1.807) is 26.0 Å². The van der Waals surface area contributed by atoms with E-state index in [-0.39, 0.29) is 10.7 Å². The van der Waals surface area contributed by atoms with Gasteiger partial charge < -0.3 is 4.18 Å². The van der Waals surface area contributed by atoms with Crippen LogP contribution in [0.15, 0.2) is 53.4 Å². The Hall–Kier alpha value is -2.30.